The average Bonchev–Trinajstić information content (AvgIpc) is 2.87. The number of benzene rings is 3. The zero-order valence-electron chi connectivity index (χ0n) is 23.6. The Bertz CT molecular complexity index is 1350. The van der Waals surface area contributed by atoms with Crippen LogP contribution in [0.5, 0.6) is 5.75 Å². The van der Waals surface area contributed by atoms with Gasteiger partial charge < -0.3 is 14.7 Å². The number of ketones is 1. The Morgan fingerprint density at radius 3 is 2.03 bits per heavy atom. The molecule has 38 heavy (non-hydrogen) atoms. The molecule has 202 valence electrons. The fraction of sp³-hybridized carbons (Fsp3) is 0.406. The number of hydrogen-bond acceptors (Lipinski definition) is 4. The molecule has 3 aromatic carbocycles. The van der Waals surface area contributed by atoms with Crippen molar-refractivity contribution in [2.24, 2.45) is 5.41 Å². The van der Waals surface area contributed by atoms with Crippen LogP contribution < -0.4 is 4.74 Å². The van der Waals surface area contributed by atoms with E-state index in [0.29, 0.717) is 5.56 Å². The average molecular weight is 518 g/mol. The molecule has 0 bridgehead atoms. The van der Waals surface area contributed by atoms with Gasteiger partial charge in [0.05, 0.1) is 0 Å². The van der Waals surface area contributed by atoms with Crippen molar-refractivity contribution in [3.05, 3.63) is 76.9 Å². The van der Waals surface area contributed by atoms with E-state index in [1.54, 1.807) is 6.07 Å². The van der Waals surface area contributed by atoms with E-state index in [-0.39, 0.29) is 30.3 Å². The maximum atomic E-state index is 12.7. The first-order valence-electron chi connectivity index (χ1n) is 13.1. The Labute approximate surface area is 225 Å². The molecule has 0 aliphatic rings. The summed E-state index contributed by atoms with van der Waals surface area (Å²) in [5.41, 5.74) is 3.18. The zero-order valence-corrected chi connectivity index (χ0v) is 23.6. The van der Waals surface area contributed by atoms with Crippen molar-refractivity contribution in [2.45, 2.75) is 59.8 Å². The number of ether oxygens (including phenoxy) is 1. The second kappa shape index (κ2) is 11.4. The number of fused-ring (bicyclic) bond motifs is 1. The Morgan fingerprint density at radius 1 is 0.868 bits per heavy atom. The minimum Gasteiger partial charge on any atom is -0.486 e. The standard InChI is InChI=1S/C32H39NO5/c1-8-32(9-2,25-14-15-27(21(3)16-25)38-20-28(34)31(4,5)6)26-13-12-22-17-24(11-10-23(22)18-26)30(37)33(7)19-29(35)36/h10-18H,8-9,19-20H2,1-7H3,(H,35,36). The van der Waals surface area contributed by atoms with E-state index < -0.39 is 11.4 Å². The first-order valence-corrected chi connectivity index (χ1v) is 13.1. The third kappa shape index (κ3) is 6.07. The molecular weight excluding hydrogens is 478 g/mol. The fourth-order valence-electron chi connectivity index (χ4n) is 4.87. The van der Waals surface area contributed by atoms with Crippen LogP contribution in [-0.4, -0.2) is 47.9 Å². The molecule has 3 rings (SSSR count). The number of carboxylic acid groups (broad SMARTS) is 1. The highest BCUT2D eigenvalue weighted by Gasteiger charge is 2.31. The summed E-state index contributed by atoms with van der Waals surface area (Å²) in [4.78, 5) is 37.2. The minimum atomic E-state index is -1.05. The molecule has 0 heterocycles. The second-order valence-corrected chi connectivity index (χ2v) is 11.1. The van der Waals surface area contributed by atoms with E-state index in [1.807, 2.05) is 52.0 Å². The number of rotatable bonds is 10. The van der Waals surface area contributed by atoms with Crippen molar-refractivity contribution in [3.63, 3.8) is 0 Å². The van der Waals surface area contributed by atoms with Crippen LogP contribution >= 0.6 is 0 Å². The number of amides is 1. The highest BCUT2D eigenvalue weighted by atomic mass is 16.5. The molecule has 0 saturated heterocycles. The molecule has 1 amide bonds. The number of hydrogen-bond donors (Lipinski definition) is 1. The number of aliphatic carboxylic acids is 1. The molecule has 1 N–H and O–H groups in total. The molecule has 0 saturated carbocycles. The van der Waals surface area contributed by atoms with Crippen LogP contribution in [-0.2, 0) is 15.0 Å². The Balaban J connectivity index is 1.93. The summed E-state index contributed by atoms with van der Waals surface area (Å²) < 4.78 is 5.88. The third-order valence-electron chi connectivity index (χ3n) is 7.49. The highest BCUT2D eigenvalue weighted by molar-refractivity contribution is 5.99. The first kappa shape index (κ1) is 28.9. The molecule has 0 atom stereocenters. The van der Waals surface area contributed by atoms with Gasteiger partial charge in [-0.25, -0.2) is 0 Å². The quantitative estimate of drug-likeness (QED) is 0.336. The van der Waals surface area contributed by atoms with Gasteiger partial charge in [-0.05, 0) is 65.4 Å². The van der Waals surface area contributed by atoms with Crippen molar-refractivity contribution in [2.75, 3.05) is 20.2 Å². The maximum Gasteiger partial charge on any atom is 0.323 e. The number of nitrogens with zero attached hydrogens (tertiary/aromatic N) is 1. The van der Waals surface area contributed by atoms with Crippen molar-refractivity contribution < 1.29 is 24.2 Å². The topological polar surface area (TPSA) is 83.9 Å². The maximum absolute atomic E-state index is 12.7. The molecule has 0 aliphatic carbocycles. The summed E-state index contributed by atoms with van der Waals surface area (Å²) in [7, 11) is 1.49. The van der Waals surface area contributed by atoms with Gasteiger partial charge in [0.25, 0.3) is 5.91 Å². The summed E-state index contributed by atoms with van der Waals surface area (Å²) in [6.07, 6.45) is 1.79. The molecule has 0 aromatic heterocycles. The van der Waals surface area contributed by atoms with E-state index in [0.717, 1.165) is 34.9 Å². The van der Waals surface area contributed by atoms with Gasteiger partial charge in [0.15, 0.2) is 5.78 Å². The molecule has 3 aromatic rings. The molecular formula is C32H39NO5. The van der Waals surface area contributed by atoms with Gasteiger partial charge >= 0.3 is 5.97 Å². The van der Waals surface area contributed by atoms with E-state index in [1.165, 1.54) is 23.1 Å². The van der Waals surface area contributed by atoms with Gasteiger partial charge in [-0.15, -0.1) is 0 Å². The number of likely N-dealkylation sites (N-methyl/N-ethyl adjacent to an activating group) is 1. The fourth-order valence-corrected chi connectivity index (χ4v) is 4.87. The molecule has 0 fully saturated rings. The lowest BCUT2D eigenvalue weighted by Gasteiger charge is -2.34. The smallest absolute Gasteiger partial charge is 0.323 e. The number of carboxylic acids is 1. The predicted octanol–water partition coefficient (Wildman–Crippen LogP) is 6.40. The Hall–Kier alpha value is -3.67. The normalized spacial score (nSPS) is 11.9. The molecule has 0 radical (unpaired) electrons. The molecule has 6 nitrogen and oxygen atoms in total. The van der Waals surface area contributed by atoms with E-state index >= 15 is 0 Å². The monoisotopic (exact) mass is 517 g/mol. The Kier molecular flexibility index (Phi) is 8.65. The molecule has 0 aliphatic heterocycles. The zero-order chi connectivity index (χ0) is 28.3. The van der Waals surface area contributed by atoms with Gasteiger partial charge in [-0.3, -0.25) is 14.4 Å². The SMILES string of the molecule is CCC(CC)(c1ccc(OCC(=O)C(C)(C)C)c(C)c1)c1ccc2cc(C(=O)N(C)CC(=O)O)ccc2c1. The lowest BCUT2D eigenvalue weighted by Crippen LogP contribution is -2.31. The van der Waals surface area contributed by atoms with Gasteiger partial charge in [0, 0.05) is 23.4 Å². The van der Waals surface area contributed by atoms with Gasteiger partial charge in [-0.1, -0.05) is 71.0 Å². The summed E-state index contributed by atoms with van der Waals surface area (Å²) >= 11 is 0. The lowest BCUT2D eigenvalue weighted by atomic mass is 9.70. The molecule has 0 spiro atoms. The number of aryl methyl sites for hydroxylation is 1. The number of Topliss-reactive ketones (excluding diaryl/α,β-unsaturated/α-hetero) is 1. The number of carbonyl (C=O) groups excluding carboxylic acids is 2. The van der Waals surface area contributed by atoms with Crippen molar-refractivity contribution >= 4 is 28.4 Å². The van der Waals surface area contributed by atoms with Gasteiger partial charge in [-0.2, -0.15) is 0 Å². The highest BCUT2D eigenvalue weighted by Crippen LogP contribution is 2.41. The van der Waals surface area contributed by atoms with Gasteiger partial charge in [0.2, 0.25) is 0 Å². The third-order valence-corrected chi connectivity index (χ3v) is 7.49. The van der Waals surface area contributed by atoms with E-state index in [4.69, 9.17) is 9.84 Å². The second-order valence-electron chi connectivity index (χ2n) is 11.1. The van der Waals surface area contributed by atoms with Crippen LogP contribution in [0.15, 0.2) is 54.6 Å². The van der Waals surface area contributed by atoms with Gasteiger partial charge in [0.1, 0.15) is 18.9 Å². The minimum absolute atomic E-state index is 0.0532. The largest absolute Gasteiger partial charge is 0.486 e. The summed E-state index contributed by atoms with van der Waals surface area (Å²) in [5, 5.41) is 10.9. The van der Waals surface area contributed by atoms with Crippen molar-refractivity contribution in [1.82, 2.24) is 4.90 Å². The predicted molar refractivity (Wildman–Crippen MR) is 151 cm³/mol. The van der Waals surface area contributed by atoms with Crippen LogP contribution in [0, 0.1) is 12.3 Å². The summed E-state index contributed by atoms with van der Waals surface area (Å²) in [6.45, 7) is 11.8. The van der Waals surface area contributed by atoms with E-state index in [9.17, 15) is 14.4 Å². The Morgan fingerprint density at radius 2 is 1.45 bits per heavy atom. The first-order chi connectivity index (χ1) is 17.8. The molecule has 6 heteroatoms. The molecule has 0 unspecified atom stereocenters. The van der Waals surface area contributed by atoms with Crippen molar-refractivity contribution in [3.8, 4) is 5.75 Å². The van der Waals surface area contributed by atoms with E-state index in [2.05, 4.69) is 38.1 Å². The summed E-state index contributed by atoms with van der Waals surface area (Å²) in [5.74, 6) is -0.588. The van der Waals surface area contributed by atoms with Crippen molar-refractivity contribution in [1.29, 1.82) is 0 Å². The lowest BCUT2D eigenvalue weighted by molar-refractivity contribution is -0.137. The summed E-state index contributed by atoms with van der Waals surface area (Å²) in [6, 6.07) is 18.0. The number of carbonyl (C=O) groups is 3. The van der Waals surface area contributed by atoms with Crippen LogP contribution in [0.25, 0.3) is 10.8 Å². The van der Waals surface area contributed by atoms with Crippen LogP contribution in [0.2, 0.25) is 0 Å². The van der Waals surface area contributed by atoms with Crippen LogP contribution in [0.1, 0.15) is 74.5 Å². The van der Waals surface area contributed by atoms with Crippen LogP contribution in [0.4, 0.5) is 0 Å². The van der Waals surface area contributed by atoms with Crippen LogP contribution in [0.3, 0.4) is 0 Å².